The quantitative estimate of drug-likeness (QED) is 0.658. The number of hydrogen-bond acceptors (Lipinski definition) is 6. The molecule has 0 aliphatic carbocycles. The Morgan fingerprint density at radius 3 is 2.73 bits per heavy atom. The van der Waals surface area contributed by atoms with Gasteiger partial charge in [0.2, 0.25) is 6.79 Å². The third kappa shape index (κ3) is 2.53. The number of urea groups is 1. The molecule has 0 bridgehead atoms. The maximum absolute atomic E-state index is 12.9. The number of Topliss-reactive ketones (excluding diaryl/α,β-unsaturated/α-hetero) is 1. The van der Waals surface area contributed by atoms with Crippen LogP contribution in [0.25, 0.3) is 0 Å². The van der Waals surface area contributed by atoms with Crippen LogP contribution in [0.3, 0.4) is 0 Å². The Hall–Kier alpha value is -2.87. The topological polar surface area (TPSA) is 84.9 Å². The summed E-state index contributed by atoms with van der Waals surface area (Å²) in [4.78, 5) is 40.2. The van der Waals surface area contributed by atoms with Crippen molar-refractivity contribution < 1.29 is 23.9 Å². The first-order chi connectivity index (χ1) is 12.4. The van der Waals surface area contributed by atoms with Crippen LogP contribution < -0.4 is 14.8 Å². The summed E-state index contributed by atoms with van der Waals surface area (Å²) in [6, 6.07) is 8.04. The fourth-order valence-corrected chi connectivity index (χ4v) is 3.85. The van der Waals surface area contributed by atoms with E-state index in [4.69, 9.17) is 9.47 Å². The summed E-state index contributed by atoms with van der Waals surface area (Å²) < 4.78 is 10.6. The normalized spacial score (nSPS) is 21.2. The fraction of sp³-hybridized carbons (Fsp3) is 0.278. The zero-order chi connectivity index (χ0) is 18.5. The molecule has 2 aromatic rings. The molecule has 1 saturated heterocycles. The molecule has 1 N–H and O–H groups in total. The Labute approximate surface area is 153 Å². The van der Waals surface area contributed by atoms with E-state index in [1.54, 1.807) is 31.2 Å². The first-order valence-corrected chi connectivity index (χ1v) is 8.84. The van der Waals surface area contributed by atoms with Gasteiger partial charge >= 0.3 is 6.03 Å². The van der Waals surface area contributed by atoms with E-state index in [0.717, 1.165) is 9.78 Å². The summed E-state index contributed by atoms with van der Waals surface area (Å²) in [6.45, 7) is 3.35. The maximum atomic E-state index is 12.9. The largest absolute Gasteiger partial charge is 0.454 e. The molecule has 134 valence electrons. The van der Waals surface area contributed by atoms with Crippen LogP contribution in [-0.2, 0) is 10.3 Å². The lowest BCUT2D eigenvalue weighted by Crippen LogP contribution is -2.41. The van der Waals surface area contributed by atoms with Crippen molar-refractivity contribution in [2.45, 2.75) is 19.4 Å². The van der Waals surface area contributed by atoms with Gasteiger partial charge < -0.3 is 14.8 Å². The number of carbonyl (C=O) groups excluding carboxylic acids is 3. The van der Waals surface area contributed by atoms with Crippen LogP contribution in [-0.4, -0.2) is 36.0 Å². The van der Waals surface area contributed by atoms with Crippen LogP contribution in [0.4, 0.5) is 4.79 Å². The summed E-state index contributed by atoms with van der Waals surface area (Å²) in [6.07, 6.45) is 0. The third-order valence-corrected chi connectivity index (χ3v) is 5.58. The highest BCUT2D eigenvalue weighted by Crippen LogP contribution is 2.37. The van der Waals surface area contributed by atoms with Crippen molar-refractivity contribution in [2.75, 3.05) is 13.3 Å². The summed E-state index contributed by atoms with van der Waals surface area (Å²) in [5, 5.41) is 2.69. The number of nitrogens with one attached hydrogen (secondary N) is 1. The Morgan fingerprint density at radius 2 is 2.00 bits per heavy atom. The van der Waals surface area contributed by atoms with E-state index in [1.807, 2.05) is 13.0 Å². The number of carbonyl (C=O) groups is 3. The van der Waals surface area contributed by atoms with Gasteiger partial charge in [-0.3, -0.25) is 14.5 Å². The van der Waals surface area contributed by atoms with Gasteiger partial charge in [0.1, 0.15) is 5.54 Å². The van der Waals surface area contributed by atoms with E-state index in [9.17, 15) is 14.4 Å². The standard InChI is InChI=1S/C18H16N2O5S/c1-10-3-6-15(26-10)12(21)8-20-16(22)18(2,19-17(20)23)11-4-5-13-14(7-11)25-9-24-13/h3-7H,8-9H2,1-2H3,(H,19,23). The SMILES string of the molecule is Cc1ccc(C(=O)CN2C(=O)NC(C)(c3ccc4c(c3)OCO4)C2=O)s1. The lowest BCUT2D eigenvalue weighted by atomic mass is 9.91. The number of nitrogens with zero attached hydrogens (tertiary/aromatic N) is 1. The summed E-state index contributed by atoms with van der Waals surface area (Å²) >= 11 is 1.34. The summed E-state index contributed by atoms with van der Waals surface area (Å²) in [5.74, 6) is 0.383. The average Bonchev–Trinajstić information content (AvgIpc) is 3.30. The highest BCUT2D eigenvalue weighted by atomic mass is 32.1. The number of hydrogen-bond donors (Lipinski definition) is 1. The van der Waals surface area contributed by atoms with Crippen molar-refractivity contribution in [3.05, 3.63) is 45.6 Å². The molecule has 26 heavy (non-hydrogen) atoms. The van der Waals surface area contributed by atoms with Gasteiger partial charge in [0.05, 0.1) is 11.4 Å². The molecular weight excluding hydrogens is 356 g/mol. The molecule has 2 aliphatic heterocycles. The molecule has 8 heteroatoms. The van der Waals surface area contributed by atoms with Crippen LogP contribution in [0, 0.1) is 6.92 Å². The van der Waals surface area contributed by atoms with Crippen molar-refractivity contribution in [2.24, 2.45) is 0 Å². The molecule has 1 fully saturated rings. The molecule has 0 radical (unpaired) electrons. The zero-order valence-corrected chi connectivity index (χ0v) is 15.0. The number of benzene rings is 1. The van der Waals surface area contributed by atoms with Gasteiger partial charge in [0, 0.05) is 4.88 Å². The molecule has 3 heterocycles. The van der Waals surface area contributed by atoms with Crippen molar-refractivity contribution in [3.63, 3.8) is 0 Å². The van der Waals surface area contributed by atoms with Crippen LogP contribution in [0.5, 0.6) is 11.5 Å². The van der Waals surface area contributed by atoms with Gasteiger partial charge in [-0.15, -0.1) is 11.3 Å². The number of amides is 3. The predicted molar refractivity (Wildman–Crippen MR) is 93.5 cm³/mol. The Balaban J connectivity index is 1.59. The van der Waals surface area contributed by atoms with Crippen LogP contribution >= 0.6 is 11.3 Å². The van der Waals surface area contributed by atoms with E-state index >= 15 is 0 Å². The van der Waals surface area contributed by atoms with E-state index in [-0.39, 0.29) is 19.1 Å². The molecule has 1 aromatic carbocycles. The van der Waals surface area contributed by atoms with E-state index in [2.05, 4.69) is 5.32 Å². The number of imide groups is 1. The maximum Gasteiger partial charge on any atom is 0.325 e. The first-order valence-electron chi connectivity index (χ1n) is 8.02. The molecule has 0 spiro atoms. The summed E-state index contributed by atoms with van der Waals surface area (Å²) in [5.41, 5.74) is -0.689. The Bertz CT molecular complexity index is 937. The molecule has 3 amide bonds. The predicted octanol–water partition coefficient (Wildman–Crippen LogP) is 2.44. The number of ether oxygens (including phenoxy) is 2. The van der Waals surface area contributed by atoms with Gasteiger partial charge in [-0.05, 0) is 43.7 Å². The second-order valence-corrected chi connectivity index (χ2v) is 7.64. The van der Waals surface area contributed by atoms with Gasteiger partial charge in [-0.2, -0.15) is 0 Å². The van der Waals surface area contributed by atoms with Crippen molar-refractivity contribution in [1.29, 1.82) is 0 Å². The molecule has 4 rings (SSSR count). The second-order valence-electron chi connectivity index (χ2n) is 6.35. The third-order valence-electron chi connectivity index (χ3n) is 4.54. The fourth-order valence-electron chi connectivity index (χ4n) is 3.05. The minimum Gasteiger partial charge on any atom is -0.454 e. The minimum atomic E-state index is -1.26. The van der Waals surface area contributed by atoms with E-state index in [0.29, 0.717) is 21.9 Å². The van der Waals surface area contributed by atoms with Gasteiger partial charge in [0.25, 0.3) is 5.91 Å². The van der Waals surface area contributed by atoms with Crippen molar-refractivity contribution >= 4 is 29.1 Å². The number of thiophene rings is 1. The lowest BCUT2D eigenvalue weighted by Gasteiger charge is -2.22. The Morgan fingerprint density at radius 1 is 1.23 bits per heavy atom. The second kappa shape index (κ2) is 5.84. The number of rotatable bonds is 4. The van der Waals surface area contributed by atoms with Crippen LogP contribution in [0.2, 0.25) is 0 Å². The van der Waals surface area contributed by atoms with E-state index < -0.39 is 17.5 Å². The summed E-state index contributed by atoms with van der Waals surface area (Å²) in [7, 11) is 0. The zero-order valence-electron chi connectivity index (χ0n) is 14.2. The molecular formula is C18H16N2O5S. The molecule has 1 unspecified atom stereocenters. The molecule has 1 atom stereocenters. The highest BCUT2D eigenvalue weighted by Gasteiger charge is 2.49. The minimum absolute atomic E-state index is 0.122. The van der Waals surface area contributed by atoms with Crippen LogP contribution in [0.15, 0.2) is 30.3 Å². The average molecular weight is 372 g/mol. The first kappa shape index (κ1) is 16.6. The smallest absolute Gasteiger partial charge is 0.325 e. The molecule has 2 aliphatic rings. The van der Waals surface area contributed by atoms with Crippen molar-refractivity contribution in [3.8, 4) is 11.5 Å². The van der Waals surface area contributed by atoms with E-state index in [1.165, 1.54) is 11.3 Å². The molecule has 1 aromatic heterocycles. The van der Waals surface area contributed by atoms with Gasteiger partial charge in [0.15, 0.2) is 17.3 Å². The molecule has 0 saturated carbocycles. The number of aryl methyl sites for hydroxylation is 1. The lowest BCUT2D eigenvalue weighted by molar-refractivity contribution is -0.130. The highest BCUT2D eigenvalue weighted by molar-refractivity contribution is 7.14. The number of fused-ring (bicyclic) bond motifs is 1. The van der Waals surface area contributed by atoms with Gasteiger partial charge in [-0.25, -0.2) is 4.79 Å². The van der Waals surface area contributed by atoms with Crippen molar-refractivity contribution in [1.82, 2.24) is 10.2 Å². The molecule has 7 nitrogen and oxygen atoms in total. The number of ketones is 1. The Kier molecular flexibility index (Phi) is 3.73. The monoisotopic (exact) mass is 372 g/mol. The van der Waals surface area contributed by atoms with Crippen LogP contribution in [0.1, 0.15) is 27.0 Å². The van der Waals surface area contributed by atoms with Gasteiger partial charge in [-0.1, -0.05) is 6.07 Å².